The summed E-state index contributed by atoms with van der Waals surface area (Å²) < 4.78 is 4.56. The zero-order chi connectivity index (χ0) is 10.3. The molecule has 2 aromatic rings. The normalized spacial score (nSPS) is 9.87. The molecular formula is C14H12Pd-4. The molecule has 2 aromatic carbocycles. The summed E-state index contributed by atoms with van der Waals surface area (Å²) in [5, 5.41) is 0. The van der Waals surface area contributed by atoms with E-state index in [9.17, 15) is 0 Å². The first-order chi connectivity index (χ1) is 7.45. The van der Waals surface area contributed by atoms with Gasteiger partial charge >= 0.3 is 97.8 Å². The first-order valence-electron chi connectivity index (χ1n) is 4.76. The standard InChI is InChI=1S/2C7H6.Pd/c2*1-7-5-3-2-4-6-7;/h2*1-6H;/q;;-4. The molecule has 0 radical (unpaired) electrons. The van der Waals surface area contributed by atoms with Crippen LogP contribution in [-0.2, 0) is 17.1 Å². The first kappa shape index (κ1) is 10.4. The summed E-state index contributed by atoms with van der Waals surface area (Å²) in [4.78, 5) is 0. The van der Waals surface area contributed by atoms with E-state index in [2.05, 4.69) is 57.5 Å². The summed E-state index contributed by atoms with van der Waals surface area (Å²) in [7, 11) is 0. The predicted octanol–water partition coefficient (Wildman–Crippen LogP) is 2.77. The van der Waals surface area contributed by atoms with Gasteiger partial charge in [0.05, 0.1) is 0 Å². The molecule has 0 amide bonds. The van der Waals surface area contributed by atoms with Crippen molar-refractivity contribution in [3.05, 3.63) is 71.8 Å². The third-order valence-corrected chi connectivity index (χ3v) is 3.47. The van der Waals surface area contributed by atoms with E-state index in [4.69, 9.17) is 0 Å². The minimum atomic E-state index is 0.543. The second kappa shape index (κ2) is 5.66. The van der Waals surface area contributed by atoms with Crippen molar-refractivity contribution < 1.29 is 17.1 Å². The third kappa shape index (κ3) is 3.48. The number of hydrogen-bond acceptors (Lipinski definition) is 0. The van der Waals surface area contributed by atoms with Crippen LogP contribution >= 0.6 is 0 Å². The summed E-state index contributed by atoms with van der Waals surface area (Å²) in [5.41, 5.74) is 2.61. The maximum atomic E-state index is 2.28. The van der Waals surface area contributed by atoms with Crippen molar-refractivity contribution in [2.24, 2.45) is 0 Å². The molecule has 15 heavy (non-hydrogen) atoms. The summed E-state index contributed by atoms with van der Waals surface area (Å²) >= 11 is 0.543. The van der Waals surface area contributed by atoms with Gasteiger partial charge in [-0.1, -0.05) is 0 Å². The Morgan fingerprint density at radius 3 is 1.40 bits per heavy atom. The average molecular weight is 287 g/mol. The van der Waals surface area contributed by atoms with Gasteiger partial charge in [-0.3, -0.25) is 0 Å². The summed E-state index contributed by atoms with van der Waals surface area (Å²) in [6.45, 7) is 0. The molecular weight excluding hydrogens is 275 g/mol. The molecule has 0 unspecified atom stereocenters. The predicted molar refractivity (Wildman–Crippen MR) is 63.2 cm³/mol. The van der Waals surface area contributed by atoms with E-state index >= 15 is 0 Å². The second-order valence-electron chi connectivity index (χ2n) is 3.11. The Bertz CT molecular complexity index is 422. The summed E-state index contributed by atoms with van der Waals surface area (Å²) in [5.74, 6) is 0. The monoisotopic (exact) mass is 286 g/mol. The van der Waals surface area contributed by atoms with Crippen LogP contribution in [0.15, 0.2) is 60.7 Å². The SMILES string of the molecule is [CH](=[Pd-4]=[CH]c1ccccc1)c1ccccc1. The van der Waals surface area contributed by atoms with Gasteiger partial charge < -0.3 is 0 Å². The van der Waals surface area contributed by atoms with Crippen molar-refractivity contribution in [1.29, 1.82) is 0 Å². The quantitative estimate of drug-likeness (QED) is 0.745. The Balaban J connectivity index is 2.16. The van der Waals surface area contributed by atoms with Crippen LogP contribution in [0.25, 0.3) is 0 Å². The minimum absolute atomic E-state index is 0.543. The Morgan fingerprint density at radius 1 is 0.600 bits per heavy atom. The molecule has 0 spiro atoms. The molecule has 0 bridgehead atoms. The van der Waals surface area contributed by atoms with Crippen molar-refractivity contribution in [2.45, 2.75) is 0 Å². The number of hydrogen-bond donors (Lipinski definition) is 0. The van der Waals surface area contributed by atoms with E-state index in [1.165, 1.54) is 11.1 Å². The molecule has 0 saturated carbocycles. The molecule has 0 aliphatic rings. The number of rotatable bonds is 2. The molecule has 1 heteroatoms. The van der Waals surface area contributed by atoms with E-state index in [0.29, 0.717) is 17.1 Å². The van der Waals surface area contributed by atoms with Crippen LogP contribution in [0.1, 0.15) is 11.1 Å². The average Bonchev–Trinajstić information content (AvgIpc) is 2.32. The van der Waals surface area contributed by atoms with Crippen LogP contribution in [-0.4, -0.2) is 8.97 Å². The van der Waals surface area contributed by atoms with Crippen LogP contribution in [0.2, 0.25) is 0 Å². The Kier molecular flexibility index (Phi) is 3.91. The fraction of sp³-hybridized carbons (Fsp3) is 0. The molecule has 0 atom stereocenters. The van der Waals surface area contributed by atoms with Crippen LogP contribution in [0.3, 0.4) is 0 Å². The molecule has 2 rings (SSSR count). The molecule has 0 N–H and O–H groups in total. The molecule has 0 aliphatic heterocycles. The zero-order valence-electron chi connectivity index (χ0n) is 8.24. The van der Waals surface area contributed by atoms with Gasteiger partial charge in [-0.05, 0) is 0 Å². The molecule has 82 valence electrons. The molecule has 0 aliphatic carbocycles. The van der Waals surface area contributed by atoms with Gasteiger partial charge in [-0.2, -0.15) is 0 Å². The molecule has 0 fully saturated rings. The first-order valence-corrected chi connectivity index (χ1v) is 6.56. The maximum absolute atomic E-state index is 2.28. The van der Waals surface area contributed by atoms with Crippen LogP contribution in [0, 0.1) is 0 Å². The number of benzene rings is 2. The van der Waals surface area contributed by atoms with E-state index in [0.717, 1.165) is 0 Å². The molecule has 0 saturated heterocycles. The fourth-order valence-corrected chi connectivity index (χ4v) is 2.50. The van der Waals surface area contributed by atoms with Crippen molar-refractivity contribution in [2.75, 3.05) is 0 Å². The van der Waals surface area contributed by atoms with Gasteiger partial charge in [0.2, 0.25) is 0 Å². The van der Waals surface area contributed by atoms with Gasteiger partial charge in [-0.25, -0.2) is 0 Å². The zero-order valence-corrected chi connectivity index (χ0v) is 9.80. The van der Waals surface area contributed by atoms with Gasteiger partial charge in [0, 0.05) is 0 Å². The van der Waals surface area contributed by atoms with Crippen molar-refractivity contribution in [1.82, 2.24) is 0 Å². The second-order valence-corrected chi connectivity index (χ2v) is 4.53. The van der Waals surface area contributed by atoms with Crippen molar-refractivity contribution in [3.63, 3.8) is 0 Å². The third-order valence-electron chi connectivity index (χ3n) is 1.92. The van der Waals surface area contributed by atoms with Gasteiger partial charge in [0.25, 0.3) is 0 Å². The van der Waals surface area contributed by atoms with E-state index < -0.39 is 0 Å². The Morgan fingerprint density at radius 2 is 1.00 bits per heavy atom. The van der Waals surface area contributed by atoms with Crippen LogP contribution < -0.4 is 0 Å². The van der Waals surface area contributed by atoms with E-state index in [1.807, 2.05) is 12.1 Å². The van der Waals surface area contributed by atoms with Gasteiger partial charge in [0.1, 0.15) is 0 Å². The Hall–Kier alpha value is -1.16. The molecule has 0 heterocycles. The molecule has 0 aromatic heterocycles. The molecule has 0 nitrogen and oxygen atoms in total. The van der Waals surface area contributed by atoms with Gasteiger partial charge in [-0.15, -0.1) is 0 Å². The van der Waals surface area contributed by atoms with Crippen molar-refractivity contribution >= 4 is 8.97 Å². The summed E-state index contributed by atoms with van der Waals surface area (Å²) in [6, 6.07) is 20.9. The van der Waals surface area contributed by atoms with Crippen molar-refractivity contribution in [3.8, 4) is 0 Å². The van der Waals surface area contributed by atoms with E-state index in [-0.39, 0.29) is 0 Å². The summed E-state index contributed by atoms with van der Waals surface area (Å²) in [6.07, 6.45) is 0. The van der Waals surface area contributed by atoms with E-state index in [1.54, 1.807) is 0 Å². The van der Waals surface area contributed by atoms with Crippen LogP contribution in [0.4, 0.5) is 0 Å². The fourth-order valence-electron chi connectivity index (χ4n) is 1.18. The van der Waals surface area contributed by atoms with Gasteiger partial charge in [0.15, 0.2) is 0 Å². The topological polar surface area (TPSA) is 0 Å². The Labute approximate surface area is 97.8 Å². The van der Waals surface area contributed by atoms with Crippen LogP contribution in [0.5, 0.6) is 0 Å².